The van der Waals surface area contributed by atoms with Crippen molar-refractivity contribution in [3.8, 4) is 0 Å². The van der Waals surface area contributed by atoms with Gasteiger partial charge < -0.3 is 10.6 Å². The molecule has 0 saturated carbocycles. The normalized spacial score (nSPS) is 11.4. The SMILES string of the molecule is CN=C(NCc1cnn(Cc2ccccc2)c1)NCc1ccc(C)cc1C. The van der Waals surface area contributed by atoms with E-state index < -0.39 is 0 Å². The van der Waals surface area contributed by atoms with E-state index in [1.807, 2.05) is 29.1 Å². The summed E-state index contributed by atoms with van der Waals surface area (Å²) in [5, 5.41) is 11.2. The van der Waals surface area contributed by atoms with E-state index in [1.165, 1.54) is 22.3 Å². The van der Waals surface area contributed by atoms with Gasteiger partial charge in [0.2, 0.25) is 0 Å². The molecule has 1 aromatic heterocycles. The van der Waals surface area contributed by atoms with Gasteiger partial charge in [0.25, 0.3) is 0 Å². The van der Waals surface area contributed by atoms with E-state index in [2.05, 4.69) is 71.1 Å². The molecule has 0 fully saturated rings. The number of aryl methyl sites for hydroxylation is 2. The standard InChI is InChI=1S/C22H27N5/c1-17-9-10-21(18(2)11-17)14-25-22(23-3)24-12-20-13-26-27(16-20)15-19-7-5-4-6-8-19/h4-11,13,16H,12,14-15H2,1-3H3,(H2,23,24,25). The van der Waals surface area contributed by atoms with Crippen LogP contribution in [-0.2, 0) is 19.6 Å². The Hall–Kier alpha value is -3.08. The minimum atomic E-state index is 0.682. The van der Waals surface area contributed by atoms with Crippen LogP contribution in [0.25, 0.3) is 0 Å². The Bertz CT molecular complexity index is 896. The molecule has 5 nitrogen and oxygen atoms in total. The molecule has 2 aromatic carbocycles. The third-order valence-electron chi connectivity index (χ3n) is 4.50. The van der Waals surface area contributed by atoms with Crippen LogP contribution in [0.3, 0.4) is 0 Å². The number of hydrogen-bond acceptors (Lipinski definition) is 2. The van der Waals surface area contributed by atoms with Crippen molar-refractivity contribution in [2.75, 3.05) is 7.05 Å². The molecule has 0 radical (unpaired) electrons. The molecule has 0 atom stereocenters. The summed E-state index contributed by atoms with van der Waals surface area (Å²) >= 11 is 0. The van der Waals surface area contributed by atoms with Gasteiger partial charge in [-0.15, -0.1) is 0 Å². The Morgan fingerprint density at radius 3 is 2.52 bits per heavy atom. The van der Waals surface area contributed by atoms with Crippen molar-refractivity contribution in [2.24, 2.45) is 4.99 Å². The number of aliphatic imine (C=N–C) groups is 1. The molecule has 3 aromatic rings. The van der Waals surface area contributed by atoms with Gasteiger partial charge in [-0.2, -0.15) is 5.10 Å². The summed E-state index contributed by atoms with van der Waals surface area (Å²) in [7, 11) is 1.79. The molecule has 1 heterocycles. The Morgan fingerprint density at radius 2 is 1.78 bits per heavy atom. The van der Waals surface area contributed by atoms with Crippen molar-refractivity contribution in [3.05, 3.63) is 88.7 Å². The average molecular weight is 361 g/mol. The van der Waals surface area contributed by atoms with Gasteiger partial charge >= 0.3 is 0 Å². The molecule has 27 heavy (non-hydrogen) atoms. The number of aromatic nitrogens is 2. The number of rotatable bonds is 6. The fourth-order valence-electron chi connectivity index (χ4n) is 2.98. The largest absolute Gasteiger partial charge is 0.352 e. The molecule has 0 saturated heterocycles. The first-order chi connectivity index (χ1) is 13.1. The Morgan fingerprint density at radius 1 is 1.00 bits per heavy atom. The van der Waals surface area contributed by atoms with E-state index in [-0.39, 0.29) is 0 Å². The van der Waals surface area contributed by atoms with E-state index >= 15 is 0 Å². The van der Waals surface area contributed by atoms with Crippen LogP contribution in [0.5, 0.6) is 0 Å². The first-order valence-electron chi connectivity index (χ1n) is 9.20. The average Bonchev–Trinajstić information content (AvgIpc) is 3.11. The molecule has 140 valence electrons. The predicted octanol–water partition coefficient (Wildman–Crippen LogP) is 3.41. The van der Waals surface area contributed by atoms with Gasteiger partial charge in [0.05, 0.1) is 12.7 Å². The van der Waals surface area contributed by atoms with Crippen LogP contribution >= 0.6 is 0 Å². The van der Waals surface area contributed by atoms with Crippen molar-refractivity contribution >= 4 is 5.96 Å². The molecule has 0 unspecified atom stereocenters. The number of nitrogens with zero attached hydrogens (tertiary/aromatic N) is 3. The lowest BCUT2D eigenvalue weighted by atomic mass is 10.1. The zero-order valence-electron chi connectivity index (χ0n) is 16.2. The molecular formula is C22H27N5. The molecule has 3 rings (SSSR count). The van der Waals surface area contributed by atoms with Crippen LogP contribution in [0, 0.1) is 13.8 Å². The van der Waals surface area contributed by atoms with Crippen LogP contribution in [0.2, 0.25) is 0 Å². The molecule has 5 heteroatoms. The monoisotopic (exact) mass is 361 g/mol. The highest BCUT2D eigenvalue weighted by Crippen LogP contribution is 2.10. The van der Waals surface area contributed by atoms with Crippen LogP contribution in [0.1, 0.15) is 27.8 Å². The summed E-state index contributed by atoms with van der Waals surface area (Å²) in [6.07, 6.45) is 3.96. The highest BCUT2D eigenvalue weighted by molar-refractivity contribution is 5.79. The second kappa shape index (κ2) is 9.03. The summed E-state index contributed by atoms with van der Waals surface area (Å²) in [6, 6.07) is 16.9. The third-order valence-corrected chi connectivity index (χ3v) is 4.50. The zero-order valence-corrected chi connectivity index (χ0v) is 16.2. The number of benzene rings is 2. The first kappa shape index (κ1) is 18.7. The van der Waals surface area contributed by atoms with Crippen LogP contribution in [0.15, 0.2) is 65.9 Å². The third kappa shape index (κ3) is 5.45. The number of nitrogens with one attached hydrogen (secondary N) is 2. The maximum Gasteiger partial charge on any atom is 0.191 e. The predicted molar refractivity (Wildman–Crippen MR) is 111 cm³/mol. The molecule has 2 N–H and O–H groups in total. The molecule has 0 aliphatic carbocycles. The maximum atomic E-state index is 4.45. The lowest BCUT2D eigenvalue weighted by Crippen LogP contribution is -2.36. The van der Waals surface area contributed by atoms with Crippen molar-refractivity contribution in [1.82, 2.24) is 20.4 Å². The fraction of sp³-hybridized carbons (Fsp3) is 0.273. The molecule has 0 aliphatic rings. The van der Waals surface area contributed by atoms with E-state index in [4.69, 9.17) is 0 Å². The quantitative estimate of drug-likeness (QED) is 0.522. The van der Waals surface area contributed by atoms with Gasteiger partial charge in [-0.25, -0.2) is 0 Å². The molecule has 0 aliphatic heterocycles. The highest BCUT2D eigenvalue weighted by atomic mass is 15.3. The number of hydrogen-bond donors (Lipinski definition) is 2. The van der Waals surface area contributed by atoms with E-state index in [0.717, 1.165) is 24.6 Å². The summed E-state index contributed by atoms with van der Waals surface area (Å²) in [4.78, 5) is 4.31. The van der Waals surface area contributed by atoms with Gasteiger partial charge in [-0.3, -0.25) is 9.67 Å². The van der Waals surface area contributed by atoms with Crippen molar-refractivity contribution in [1.29, 1.82) is 0 Å². The topological polar surface area (TPSA) is 54.2 Å². The fourth-order valence-corrected chi connectivity index (χ4v) is 2.98. The van der Waals surface area contributed by atoms with Crippen molar-refractivity contribution in [3.63, 3.8) is 0 Å². The second-order valence-electron chi connectivity index (χ2n) is 6.74. The van der Waals surface area contributed by atoms with E-state index in [9.17, 15) is 0 Å². The van der Waals surface area contributed by atoms with Gasteiger partial charge in [0, 0.05) is 31.9 Å². The maximum absolute atomic E-state index is 4.45. The first-order valence-corrected chi connectivity index (χ1v) is 9.20. The summed E-state index contributed by atoms with van der Waals surface area (Å²) < 4.78 is 1.96. The van der Waals surface area contributed by atoms with E-state index in [1.54, 1.807) is 7.05 Å². The molecular weight excluding hydrogens is 334 g/mol. The lowest BCUT2D eigenvalue weighted by molar-refractivity contribution is 0.685. The molecule has 0 amide bonds. The zero-order chi connectivity index (χ0) is 19.1. The Labute approximate surface area is 161 Å². The number of guanidine groups is 1. The Kier molecular flexibility index (Phi) is 6.26. The molecule has 0 spiro atoms. The van der Waals surface area contributed by atoms with Crippen LogP contribution in [-0.4, -0.2) is 22.8 Å². The minimum absolute atomic E-state index is 0.682. The molecule has 0 bridgehead atoms. The van der Waals surface area contributed by atoms with Crippen molar-refractivity contribution < 1.29 is 0 Å². The van der Waals surface area contributed by atoms with Crippen LogP contribution < -0.4 is 10.6 Å². The second-order valence-corrected chi connectivity index (χ2v) is 6.74. The van der Waals surface area contributed by atoms with Gasteiger partial charge in [0.15, 0.2) is 5.96 Å². The minimum Gasteiger partial charge on any atom is -0.352 e. The Balaban J connectivity index is 1.51. The smallest absolute Gasteiger partial charge is 0.191 e. The summed E-state index contributed by atoms with van der Waals surface area (Å²) in [5.74, 6) is 0.783. The highest BCUT2D eigenvalue weighted by Gasteiger charge is 2.04. The van der Waals surface area contributed by atoms with Gasteiger partial charge in [0.1, 0.15) is 0 Å². The van der Waals surface area contributed by atoms with E-state index in [0.29, 0.717) is 6.54 Å². The lowest BCUT2D eigenvalue weighted by Gasteiger charge is -2.13. The van der Waals surface area contributed by atoms with Gasteiger partial charge in [-0.05, 0) is 30.5 Å². The van der Waals surface area contributed by atoms with Gasteiger partial charge in [-0.1, -0.05) is 54.1 Å². The van der Waals surface area contributed by atoms with Crippen LogP contribution in [0.4, 0.5) is 0 Å². The van der Waals surface area contributed by atoms with Crippen molar-refractivity contribution in [2.45, 2.75) is 33.5 Å². The summed E-state index contributed by atoms with van der Waals surface area (Å²) in [6.45, 7) is 6.46. The summed E-state index contributed by atoms with van der Waals surface area (Å²) in [5.41, 5.74) is 6.22.